The highest BCUT2D eigenvalue weighted by atomic mass is 19.3. The van der Waals surface area contributed by atoms with E-state index in [0.29, 0.717) is 5.89 Å². The zero-order valence-electron chi connectivity index (χ0n) is 11.0. The van der Waals surface area contributed by atoms with E-state index in [4.69, 9.17) is 4.52 Å². The van der Waals surface area contributed by atoms with Crippen LogP contribution in [0.5, 0.6) is 0 Å². The predicted octanol–water partition coefficient (Wildman–Crippen LogP) is 4.45. The maximum absolute atomic E-state index is 12.6. The van der Waals surface area contributed by atoms with Crippen LogP contribution in [0, 0.1) is 0 Å². The summed E-state index contributed by atoms with van der Waals surface area (Å²) < 4.78 is 30.2. The summed E-state index contributed by atoms with van der Waals surface area (Å²) in [5, 5.41) is 3.38. The fraction of sp³-hybridized carbons (Fsp3) is 0.467. The minimum absolute atomic E-state index is 0.0474. The van der Waals surface area contributed by atoms with Gasteiger partial charge >= 0.3 is 6.43 Å². The quantitative estimate of drug-likeness (QED) is 0.832. The lowest BCUT2D eigenvalue weighted by molar-refractivity contribution is 0.136. The Balaban J connectivity index is 1.88. The molecule has 3 rings (SSSR count). The first-order valence-corrected chi connectivity index (χ1v) is 6.92. The van der Waals surface area contributed by atoms with Crippen LogP contribution in [-0.2, 0) is 0 Å². The standard InChI is InChI=1S/C15H16F2N2O/c16-13(17)14-18-15(20-19-14)12-9-5-4-8-11(12)10-6-2-1-3-7-10/h1-3,6-7,11-13H,4-5,8-9H2/t11-,12-/m1/s1. The first-order chi connectivity index (χ1) is 9.75. The number of aromatic nitrogens is 2. The Morgan fingerprint density at radius 3 is 2.40 bits per heavy atom. The number of nitrogens with zero attached hydrogens (tertiary/aromatic N) is 2. The minimum Gasteiger partial charge on any atom is -0.339 e. The lowest BCUT2D eigenvalue weighted by atomic mass is 9.75. The molecule has 1 aliphatic rings. The Labute approximate surface area is 116 Å². The monoisotopic (exact) mass is 278 g/mol. The summed E-state index contributed by atoms with van der Waals surface area (Å²) in [7, 11) is 0. The van der Waals surface area contributed by atoms with E-state index in [-0.39, 0.29) is 11.8 Å². The fourth-order valence-corrected chi connectivity index (χ4v) is 3.01. The van der Waals surface area contributed by atoms with E-state index in [1.807, 2.05) is 18.2 Å². The Morgan fingerprint density at radius 1 is 1.05 bits per heavy atom. The molecular weight excluding hydrogens is 262 g/mol. The van der Waals surface area contributed by atoms with E-state index in [9.17, 15) is 8.78 Å². The van der Waals surface area contributed by atoms with E-state index in [1.165, 1.54) is 5.56 Å². The Morgan fingerprint density at radius 2 is 1.75 bits per heavy atom. The summed E-state index contributed by atoms with van der Waals surface area (Å²) in [5.41, 5.74) is 1.22. The third kappa shape index (κ3) is 2.57. The number of benzene rings is 1. The van der Waals surface area contributed by atoms with Gasteiger partial charge in [0.25, 0.3) is 0 Å². The average molecular weight is 278 g/mol. The van der Waals surface area contributed by atoms with Gasteiger partial charge in [-0.2, -0.15) is 4.98 Å². The van der Waals surface area contributed by atoms with Gasteiger partial charge in [0.2, 0.25) is 11.7 Å². The van der Waals surface area contributed by atoms with Crippen LogP contribution in [-0.4, -0.2) is 10.1 Å². The van der Waals surface area contributed by atoms with Gasteiger partial charge in [-0.05, 0) is 24.3 Å². The van der Waals surface area contributed by atoms with Crippen LogP contribution >= 0.6 is 0 Å². The zero-order valence-corrected chi connectivity index (χ0v) is 11.0. The van der Waals surface area contributed by atoms with Gasteiger partial charge in [-0.3, -0.25) is 0 Å². The largest absolute Gasteiger partial charge is 0.339 e. The van der Waals surface area contributed by atoms with E-state index in [0.717, 1.165) is 25.7 Å². The molecular formula is C15H16F2N2O. The van der Waals surface area contributed by atoms with Crippen LogP contribution in [0.25, 0.3) is 0 Å². The highest BCUT2D eigenvalue weighted by molar-refractivity contribution is 5.23. The maximum atomic E-state index is 12.6. The van der Waals surface area contributed by atoms with Gasteiger partial charge < -0.3 is 4.52 Å². The molecule has 1 fully saturated rings. The Hall–Kier alpha value is -1.78. The van der Waals surface area contributed by atoms with Crippen molar-refractivity contribution in [3.63, 3.8) is 0 Å². The van der Waals surface area contributed by atoms with Gasteiger partial charge in [0.1, 0.15) is 0 Å². The number of rotatable bonds is 3. The molecule has 106 valence electrons. The second kappa shape index (κ2) is 5.69. The molecule has 3 nitrogen and oxygen atoms in total. The summed E-state index contributed by atoms with van der Waals surface area (Å²) in [6.07, 6.45) is 1.48. The van der Waals surface area contributed by atoms with Gasteiger partial charge in [0, 0.05) is 5.92 Å². The third-order valence-electron chi connectivity index (χ3n) is 3.96. The zero-order chi connectivity index (χ0) is 13.9. The number of halogens is 2. The molecule has 2 aromatic rings. The molecule has 20 heavy (non-hydrogen) atoms. The third-order valence-corrected chi connectivity index (χ3v) is 3.96. The van der Waals surface area contributed by atoms with Crippen LogP contribution in [0.1, 0.15) is 61.2 Å². The molecule has 1 heterocycles. The summed E-state index contributed by atoms with van der Waals surface area (Å²) in [4.78, 5) is 3.88. The van der Waals surface area contributed by atoms with Crippen LogP contribution in [0.4, 0.5) is 8.78 Å². The summed E-state index contributed by atoms with van der Waals surface area (Å²) in [5.74, 6) is 0.174. The number of hydrogen-bond donors (Lipinski definition) is 0. The van der Waals surface area contributed by atoms with Crippen LogP contribution in [0.15, 0.2) is 34.9 Å². The second-order valence-electron chi connectivity index (χ2n) is 5.20. The molecule has 1 saturated carbocycles. The number of hydrogen-bond acceptors (Lipinski definition) is 3. The first kappa shape index (κ1) is 13.2. The van der Waals surface area contributed by atoms with E-state index >= 15 is 0 Å². The number of alkyl halides is 2. The Bertz CT molecular complexity index is 556. The van der Waals surface area contributed by atoms with Crippen molar-refractivity contribution < 1.29 is 13.3 Å². The van der Waals surface area contributed by atoms with Crippen molar-refractivity contribution in [1.82, 2.24) is 10.1 Å². The molecule has 0 unspecified atom stereocenters. The smallest absolute Gasteiger partial charge is 0.300 e. The summed E-state index contributed by atoms with van der Waals surface area (Å²) in [6.45, 7) is 0. The van der Waals surface area contributed by atoms with E-state index in [1.54, 1.807) is 0 Å². The van der Waals surface area contributed by atoms with Crippen molar-refractivity contribution >= 4 is 0 Å². The van der Waals surface area contributed by atoms with Gasteiger partial charge in [-0.15, -0.1) is 0 Å². The van der Waals surface area contributed by atoms with Crippen molar-refractivity contribution in [2.24, 2.45) is 0 Å². The molecule has 1 aromatic carbocycles. The van der Waals surface area contributed by atoms with Crippen LogP contribution < -0.4 is 0 Å². The topological polar surface area (TPSA) is 38.9 Å². The normalized spacial score (nSPS) is 23.1. The van der Waals surface area contributed by atoms with Gasteiger partial charge in [-0.25, -0.2) is 8.78 Å². The average Bonchev–Trinajstić information content (AvgIpc) is 2.98. The van der Waals surface area contributed by atoms with Crippen molar-refractivity contribution in [3.8, 4) is 0 Å². The molecule has 0 N–H and O–H groups in total. The molecule has 0 spiro atoms. The van der Waals surface area contributed by atoms with Crippen molar-refractivity contribution in [2.75, 3.05) is 0 Å². The summed E-state index contributed by atoms with van der Waals surface area (Å²) in [6, 6.07) is 10.1. The molecule has 2 atom stereocenters. The maximum Gasteiger partial charge on any atom is 0.300 e. The molecule has 0 aliphatic heterocycles. The SMILES string of the molecule is FC(F)c1noc([C@@H]2CCCC[C@@H]2c2ccccc2)n1. The van der Waals surface area contributed by atoms with Crippen molar-refractivity contribution in [1.29, 1.82) is 0 Å². The van der Waals surface area contributed by atoms with Gasteiger partial charge in [0.15, 0.2) is 0 Å². The fourth-order valence-electron chi connectivity index (χ4n) is 3.01. The second-order valence-corrected chi connectivity index (χ2v) is 5.20. The minimum atomic E-state index is -2.67. The van der Waals surface area contributed by atoms with E-state index < -0.39 is 12.2 Å². The van der Waals surface area contributed by atoms with Crippen LogP contribution in [0.3, 0.4) is 0 Å². The van der Waals surface area contributed by atoms with Crippen molar-refractivity contribution in [2.45, 2.75) is 43.9 Å². The molecule has 5 heteroatoms. The summed E-state index contributed by atoms with van der Waals surface area (Å²) >= 11 is 0. The lowest BCUT2D eigenvalue weighted by Gasteiger charge is -2.29. The first-order valence-electron chi connectivity index (χ1n) is 6.92. The van der Waals surface area contributed by atoms with Gasteiger partial charge in [-0.1, -0.05) is 48.3 Å². The molecule has 0 saturated heterocycles. The molecule has 0 amide bonds. The molecule has 0 bridgehead atoms. The highest BCUT2D eigenvalue weighted by Crippen LogP contribution is 2.43. The van der Waals surface area contributed by atoms with Crippen molar-refractivity contribution in [3.05, 3.63) is 47.6 Å². The molecule has 1 aliphatic carbocycles. The lowest BCUT2D eigenvalue weighted by Crippen LogP contribution is -2.16. The van der Waals surface area contributed by atoms with E-state index in [2.05, 4.69) is 22.3 Å². The highest BCUT2D eigenvalue weighted by Gasteiger charge is 2.32. The van der Waals surface area contributed by atoms with Gasteiger partial charge in [0.05, 0.1) is 0 Å². The molecule has 1 aromatic heterocycles. The Kier molecular flexibility index (Phi) is 3.76. The molecule has 0 radical (unpaired) electrons. The predicted molar refractivity (Wildman–Crippen MR) is 69.6 cm³/mol. The van der Waals surface area contributed by atoms with Crippen LogP contribution in [0.2, 0.25) is 0 Å².